The predicted molar refractivity (Wildman–Crippen MR) is 82.5 cm³/mol. The number of aryl methyl sites for hydroxylation is 2. The first kappa shape index (κ1) is 14.5. The van der Waals surface area contributed by atoms with Crippen molar-refractivity contribution in [3.63, 3.8) is 0 Å². The topological polar surface area (TPSA) is 59.2 Å². The lowest BCUT2D eigenvalue weighted by molar-refractivity contribution is -0.130. The van der Waals surface area contributed by atoms with E-state index in [1.165, 1.54) is 0 Å². The number of hydrogen-bond acceptors (Lipinski definition) is 4. The Balaban J connectivity index is 1.89. The number of thiazole rings is 1. The molecule has 4 nitrogen and oxygen atoms in total. The summed E-state index contributed by atoms with van der Waals surface area (Å²) in [5.74, 6) is 0.126. The van der Waals surface area contributed by atoms with Crippen molar-refractivity contribution >= 4 is 22.9 Å². The third-order valence-corrected chi connectivity index (χ3v) is 4.23. The number of benzene rings is 1. The van der Waals surface area contributed by atoms with E-state index in [0.717, 1.165) is 21.8 Å². The van der Waals surface area contributed by atoms with E-state index in [4.69, 9.17) is 5.73 Å². The number of nitrogens with two attached hydrogens (primary N) is 1. The van der Waals surface area contributed by atoms with E-state index in [-0.39, 0.29) is 5.91 Å². The van der Waals surface area contributed by atoms with E-state index in [1.807, 2.05) is 43.7 Å². The van der Waals surface area contributed by atoms with Crippen molar-refractivity contribution in [2.45, 2.75) is 26.3 Å². The lowest BCUT2D eigenvalue weighted by atomic mass is 10.1. The number of amides is 1. The molecule has 0 unspecified atom stereocenters. The molecule has 0 radical (unpaired) electrons. The van der Waals surface area contributed by atoms with Gasteiger partial charge in [0.15, 0.2) is 0 Å². The molecule has 0 saturated carbocycles. The van der Waals surface area contributed by atoms with Crippen LogP contribution in [0.5, 0.6) is 0 Å². The molecule has 0 aliphatic carbocycles. The molecular formula is C15H19N3OS. The molecule has 0 atom stereocenters. The monoisotopic (exact) mass is 289 g/mol. The van der Waals surface area contributed by atoms with Crippen LogP contribution in [0.25, 0.3) is 0 Å². The molecule has 0 bridgehead atoms. The molecule has 1 heterocycles. The number of hydrogen-bond donors (Lipinski definition) is 1. The first-order chi connectivity index (χ1) is 9.58. The van der Waals surface area contributed by atoms with Crippen LogP contribution in [0.1, 0.15) is 22.6 Å². The summed E-state index contributed by atoms with van der Waals surface area (Å²) in [4.78, 5) is 19.2. The van der Waals surface area contributed by atoms with Crippen molar-refractivity contribution in [3.8, 4) is 0 Å². The minimum Gasteiger partial charge on any atom is -0.399 e. The molecule has 1 aromatic heterocycles. The second kappa shape index (κ2) is 6.52. The van der Waals surface area contributed by atoms with Gasteiger partial charge in [0, 0.05) is 24.0 Å². The highest BCUT2D eigenvalue weighted by Crippen LogP contribution is 2.16. The summed E-state index contributed by atoms with van der Waals surface area (Å²) in [6, 6.07) is 7.68. The Labute approximate surface area is 123 Å². The molecule has 0 aliphatic heterocycles. The number of carbonyl (C=O) groups excluding carboxylic acids is 1. The van der Waals surface area contributed by atoms with Crippen LogP contribution in [-0.2, 0) is 17.8 Å². The number of nitrogens with zero attached hydrogens (tertiary/aromatic N) is 2. The van der Waals surface area contributed by atoms with E-state index >= 15 is 0 Å². The van der Waals surface area contributed by atoms with Crippen LogP contribution in [0.3, 0.4) is 0 Å². The van der Waals surface area contributed by atoms with Crippen molar-refractivity contribution in [1.82, 2.24) is 9.88 Å². The van der Waals surface area contributed by atoms with E-state index in [2.05, 4.69) is 4.98 Å². The van der Waals surface area contributed by atoms with Gasteiger partial charge in [0.2, 0.25) is 5.91 Å². The first-order valence-corrected chi connectivity index (χ1v) is 7.42. The molecule has 2 rings (SSSR count). The molecule has 0 fully saturated rings. The number of aromatic nitrogens is 1. The molecular weight excluding hydrogens is 270 g/mol. The zero-order chi connectivity index (χ0) is 14.5. The van der Waals surface area contributed by atoms with E-state index in [1.54, 1.807) is 16.2 Å². The van der Waals surface area contributed by atoms with Crippen molar-refractivity contribution in [1.29, 1.82) is 0 Å². The number of carbonyl (C=O) groups is 1. The molecule has 1 aromatic carbocycles. The van der Waals surface area contributed by atoms with E-state index in [0.29, 0.717) is 19.4 Å². The maximum Gasteiger partial charge on any atom is 0.222 e. The van der Waals surface area contributed by atoms with Gasteiger partial charge in [-0.15, -0.1) is 11.3 Å². The number of rotatable bonds is 5. The van der Waals surface area contributed by atoms with Crippen LogP contribution in [0.15, 0.2) is 29.8 Å². The zero-order valence-corrected chi connectivity index (χ0v) is 12.6. The molecule has 0 aliphatic rings. The van der Waals surface area contributed by atoms with Crippen molar-refractivity contribution in [2.75, 3.05) is 12.8 Å². The van der Waals surface area contributed by atoms with Crippen molar-refractivity contribution in [2.24, 2.45) is 0 Å². The second-order valence-corrected chi connectivity index (χ2v) is 5.75. The maximum absolute atomic E-state index is 12.1. The van der Waals surface area contributed by atoms with Gasteiger partial charge in [0.05, 0.1) is 17.7 Å². The highest BCUT2D eigenvalue weighted by atomic mass is 32.1. The van der Waals surface area contributed by atoms with Gasteiger partial charge >= 0.3 is 0 Å². The molecule has 5 heteroatoms. The molecule has 2 aromatic rings. The standard InChI is InChI=1S/C15H19N3OS/c1-11-14(20-10-17-11)9-18(2)15(19)8-7-12-5-3-4-6-13(12)16/h3-6,10H,7-9,16H2,1-2H3. The lowest BCUT2D eigenvalue weighted by Crippen LogP contribution is -2.26. The Morgan fingerprint density at radius 3 is 2.80 bits per heavy atom. The average molecular weight is 289 g/mol. The van der Waals surface area contributed by atoms with Crippen LogP contribution in [0, 0.1) is 6.92 Å². The van der Waals surface area contributed by atoms with Gasteiger partial charge in [-0.2, -0.15) is 0 Å². The highest BCUT2D eigenvalue weighted by molar-refractivity contribution is 7.09. The fourth-order valence-corrected chi connectivity index (χ4v) is 2.81. The largest absolute Gasteiger partial charge is 0.399 e. The van der Waals surface area contributed by atoms with Crippen LogP contribution in [0.4, 0.5) is 5.69 Å². The Kier molecular flexibility index (Phi) is 4.74. The smallest absolute Gasteiger partial charge is 0.222 e. The molecule has 106 valence electrons. The minimum atomic E-state index is 0.126. The average Bonchev–Trinajstić information content (AvgIpc) is 2.83. The van der Waals surface area contributed by atoms with Crippen LogP contribution < -0.4 is 5.73 Å². The Morgan fingerprint density at radius 1 is 1.40 bits per heavy atom. The highest BCUT2D eigenvalue weighted by Gasteiger charge is 2.12. The fourth-order valence-electron chi connectivity index (χ4n) is 1.98. The summed E-state index contributed by atoms with van der Waals surface area (Å²) in [6.45, 7) is 2.59. The van der Waals surface area contributed by atoms with Gasteiger partial charge in [-0.3, -0.25) is 4.79 Å². The van der Waals surface area contributed by atoms with Gasteiger partial charge < -0.3 is 10.6 Å². The predicted octanol–water partition coefficient (Wildman–Crippen LogP) is 2.62. The lowest BCUT2D eigenvalue weighted by Gasteiger charge is -2.16. The quantitative estimate of drug-likeness (QED) is 0.861. The summed E-state index contributed by atoms with van der Waals surface area (Å²) >= 11 is 1.59. The Hall–Kier alpha value is -1.88. The third-order valence-electron chi connectivity index (χ3n) is 3.31. The number of anilines is 1. The normalized spacial score (nSPS) is 10.5. The van der Waals surface area contributed by atoms with Crippen LogP contribution in [0.2, 0.25) is 0 Å². The zero-order valence-electron chi connectivity index (χ0n) is 11.8. The van der Waals surface area contributed by atoms with Crippen molar-refractivity contribution in [3.05, 3.63) is 45.9 Å². The number of nitrogen functional groups attached to an aromatic ring is 1. The fraction of sp³-hybridized carbons (Fsp3) is 0.333. The molecule has 20 heavy (non-hydrogen) atoms. The summed E-state index contributed by atoms with van der Waals surface area (Å²) in [5, 5.41) is 0. The summed E-state index contributed by atoms with van der Waals surface area (Å²) in [6.07, 6.45) is 1.15. The molecule has 0 saturated heterocycles. The minimum absolute atomic E-state index is 0.126. The van der Waals surface area contributed by atoms with Gasteiger partial charge in [-0.1, -0.05) is 18.2 Å². The van der Waals surface area contributed by atoms with Crippen LogP contribution >= 0.6 is 11.3 Å². The van der Waals surface area contributed by atoms with Gasteiger partial charge in [0.1, 0.15) is 0 Å². The maximum atomic E-state index is 12.1. The third kappa shape index (κ3) is 3.57. The molecule has 1 amide bonds. The SMILES string of the molecule is Cc1ncsc1CN(C)C(=O)CCc1ccccc1N. The van der Waals surface area contributed by atoms with Gasteiger partial charge in [-0.05, 0) is 25.0 Å². The van der Waals surface area contributed by atoms with E-state index in [9.17, 15) is 4.79 Å². The van der Waals surface area contributed by atoms with E-state index < -0.39 is 0 Å². The van der Waals surface area contributed by atoms with Crippen LogP contribution in [-0.4, -0.2) is 22.8 Å². The summed E-state index contributed by atoms with van der Waals surface area (Å²) in [7, 11) is 1.83. The van der Waals surface area contributed by atoms with Crippen molar-refractivity contribution < 1.29 is 4.79 Å². The van der Waals surface area contributed by atoms with Gasteiger partial charge in [0.25, 0.3) is 0 Å². The first-order valence-electron chi connectivity index (χ1n) is 6.54. The second-order valence-electron chi connectivity index (χ2n) is 4.81. The molecule has 2 N–H and O–H groups in total. The summed E-state index contributed by atoms with van der Waals surface area (Å²) < 4.78 is 0. The Morgan fingerprint density at radius 2 is 2.15 bits per heavy atom. The Bertz CT molecular complexity index is 594. The molecule has 0 spiro atoms. The van der Waals surface area contributed by atoms with Gasteiger partial charge in [-0.25, -0.2) is 4.98 Å². The number of para-hydroxylation sites is 1. The summed E-state index contributed by atoms with van der Waals surface area (Å²) in [5.41, 5.74) is 10.5.